The number of hydrogen-bond acceptors (Lipinski definition) is 4. The molecule has 2 aromatic carbocycles. The SMILES string of the molecule is O=C(NCc1ccc(F)cc1F)c1csc(C(=O)c2c[nH]c3ccccc23)n1. The number of aromatic nitrogens is 2. The highest BCUT2D eigenvalue weighted by Crippen LogP contribution is 2.22. The monoisotopic (exact) mass is 397 g/mol. The molecule has 1 amide bonds. The van der Waals surface area contributed by atoms with Crippen LogP contribution in [-0.4, -0.2) is 21.7 Å². The zero-order chi connectivity index (χ0) is 19.7. The molecule has 4 rings (SSSR count). The second kappa shape index (κ2) is 7.32. The van der Waals surface area contributed by atoms with Crippen LogP contribution in [-0.2, 0) is 6.54 Å². The molecule has 0 saturated heterocycles. The van der Waals surface area contributed by atoms with E-state index in [0.717, 1.165) is 34.4 Å². The van der Waals surface area contributed by atoms with Crippen LogP contribution in [0.3, 0.4) is 0 Å². The standard InChI is InChI=1S/C20H13F2N3O2S/c21-12-6-5-11(15(22)7-12)8-24-19(27)17-10-28-20(25-17)18(26)14-9-23-16-4-2-1-3-13(14)16/h1-7,9-10,23H,8H2,(H,24,27). The Kier molecular flexibility index (Phi) is 4.70. The molecule has 8 heteroatoms. The van der Waals surface area contributed by atoms with Crippen molar-refractivity contribution in [2.75, 3.05) is 0 Å². The highest BCUT2D eigenvalue weighted by atomic mass is 32.1. The fourth-order valence-corrected chi connectivity index (χ4v) is 3.54. The second-order valence-corrected chi connectivity index (χ2v) is 6.89. The van der Waals surface area contributed by atoms with E-state index in [4.69, 9.17) is 0 Å². The molecular weight excluding hydrogens is 384 g/mol. The number of nitrogens with one attached hydrogen (secondary N) is 2. The van der Waals surface area contributed by atoms with Gasteiger partial charge in [-0.3, -0.25) is 9.59 Å². The number of hydrogen-bond donors (Lipinski definition) is 2. The normalized spacial score (nSPS) is 10.9. The van der Waals surface area contributed by atoms with E-state index >= 15 is 0 Å². The minimum atomic E-state index is -0.742. The molecule has 0 atom stereocenters. The largest absolute Gasteiger partial charge is 0.360 e. The van der Waals surface area contributed by atoms with Crippen molar-refractivity contribution < 1.29 is 18.4 Å². The van der Waals surface area contributed by atoms with E-state index in [0.29, 0.717) is 5.56 Å². The first-order valence-electron chi connectivity index (χ1n) is 8.31. The minimum Gasteiger partial charge on any atom is -0.360 e. The number of aromatic amines is 1. The smallest absolute Gasteiger partial charge is 0.271 e. The molecule has 4 aromatic rings. The van der Waals surface area contributed by atoms with Gasteiger partial charge < -0.3 is 10.3 Å². The van der Waals surface area contributed by atoms with Crippen molar-refractivity contribution in [3.05, 3.63) is 87.5 Å². The molecule has 28 heavy (non-hydrogen) atoms. The Balaban J connectivity index is 1.49. The topological polar surface area (TPSA) is 74.8 Å². The first kappa shape index (κ1) is 18.0. The quantitative estimate of drug-likeness (QED) is 0.499. The van der Waals surface area contributed by atoms with Crippen LogP contribution in [0.4, 0.5) is 8.78 Å². The first-order valence-corrected chi connectivity index (χ1v) is 9.19. The number of carbonyl (C=O) groups excluding carboxylic acids is 2. The number of fused-ring (bicyclic) bond motifs is 1. The van der Waals surface area contributed by atoms with Crippen LogP contribution in [0.15, 0.2) is 54.0 Å². The Bertz CT molecular complexity index is 1200. The number of thiazole rings is 1. The van der Waals surface area contributed by atoms with Crippen molar-refractivity contribution in [3.8, 4) is 0 Å². The molecule has 0 aliphatic carbocycles. The molecule has 0 spiro atoms. The number of amides is 1. The van der Waals surface area contributed by atoms with E-state index in [9.17, 15) is 18.4 Å². The minimum absolute atomic E-state index is 0.0655. The maximum atomic E-state index is 13.6. The van der Waals surface area contributed by atoms with E-state index in [-0.39, 0.29) is 28.6 Å². The Hall–Kier alpha value is -3.39. The summed E-state index contributed by atoms with van der Waals surface area (Å²) in [6.07, 6.45) is 1.62. The molecule has 0 bridgehead atoms. The van der Waals surface area contributed by atoms with E-state index < -0.39 is 17.5 Å². The summed E-state index contributed by atoms with van der Waals surface area (Å²) < 4.78 is 26.6. The molecule has 2 aromatic heterocycles. The highest BCUT2D eigenvalue weighted by Gasteiger charge is 2.19. The van der Waals surface area contributed by atoms with E-state index in [1.54, 1.807) is 6.20 Å². The maximum absolute atomic E-state index is 13.6. The van der Waals surface area contributed by atoms with Gasteiger partial charge in [0.15, 0.2) is 5.01 Å². The van der Waals surface area contributed by atoms with Gasteiger partial charge in [0.1, 0.15) is 17.3 Å². The number of rotatable bonds is 5. The van der Waals surface area contributed by atoms with Crippen molar-refractivity contribution in [2.24, 2.45) is 0 Å². The summed E-state index contributed by atoms with van der Waals surface area (Å²) in [5, 5.41) is 4.95. The fourth-order valence-electron chi connectivity index (χ4n) is 2.79. The van der Waals surface area contributed by atoms with Crippen LogP contribution in [0.1, 0.15) is 31.4 Å². The molecule has 0 unspecified atom stereocenters. The Morgan fingerprint density at radius 1 is 1.14 bits per heavy atom. The van der Waals surface area contributed by atoms with Crippen LogP contribution in [0.2, 0.25) is 0 Å². The van der Waals surface area contributed by atoms with Gasteiger partial charge >= 0.3 is 0 Å². The third kappa shape index (κ3) is 3.41. The lowest BCUT2D eigenvalue weighted by atomic mass is 10.1. The second-order valence-electron chi connectivity index (χ2n) is 6.03. The predicted molar refractivity (Wildman–Crippen MR) is 101 cm³/mol. The average Bonchev–Trinajstić information content (AvgIpc) is 3.34. The van der Waals surface area contributed by atoms with E-state index in [1.807, 2.05) is 24.3 Å². The molecule has 0 saturated carbocycles. The molecule has 5 nitrogen and oxygen atoms in total. The lowest BCUT2D eigenvalue weighted by Crippen LogP contribution is -2.23. The summed E-state index contributed by atoms with van der Waals surface area (Å²) in [5.41, 5.74) is 1.53. The van der Waals surface area contributed by atoms with Gasteiger partial charge in [0, 0.05) is 40.7 Å². The third-order valence-electron chi connectivity index (χ3n) is 4.22. The Labute approximate surface area is 162 Å². The van der Waals surface area contributed by atoms with Gasteiger partial charge in [0.25, 0.3) is 5.91 Å². The average molecular weight is 397 g/mol. The fraction of sp³-hybridized carbons (Fsp3) is 0.0500. The highest BCUT2D eigenvalue weighted by molar-refractivity contribution is 7.12. The van der Waals surface area contributed by atoms with E-state index in [1.165, 1.54) is 11.4 Å². The van der Waals surface area contributed by atoms with Crippen molar-refractivity contribution in [1.82, 2.24) is 15.3 Å². The summed E-state index contributed by atoms with van der Waals surface area (Å²) >= 11 is 1.06. The van der Waals surface area contributed by atoms with Gasteiger partial charge in [-0.2, -0.15) is 0 Å². The predicted octanol–water partition coefficient (Wildman–Crippen LogP) is 4.06. The van der Waals surface area contributed by atoms with Gasteiger partial charge in [-0.15, -0.1) is 11.3 Å². The number of halogens is 2. The summed E-state index contributed by atoms with van der Waals surface area (Å²) in [7, 11) is 0. The zero-order valence-corrected chi connectivity index (χ0v) is 15.1. The number of H-pyrrole nitrogens is 1. The van der Waals surface area contributed by atoms with Crippen LogP contribution < -0.4 is 5.32 Å². The number of nitrogens with zero attached hydrogens (tertiary/aromatic N) is 1. The third-order valence-corrected chi connectivity index (χ3v) is 5.06. The molecule has 0 aliphatic rings. The number of carbonyl (C=O) groups is 2. The maximum Gasteiger partial charge on any atom is 0.271 e. The summed E-state index contributed by atoms with van der Waals surface area (Å²) in [5.74, 6) is -2.26. The number of benzene rings is 2. The molecule has 2 N–H and O–H groups in total. The lowest BCUT2D eigenvalue weighted by Gasteiger charge is -2.04. The molecule has 0 fully saturated rings. The van der Waals surface area contributed by atoms with Crippen LogP contribution in [0.25, 0.3) is 10.9 Å². The van der Waals surface area contributed by atoms with Gasteiger partial charge in [0.05, 0.1) is 5.56 Å². The van der Waals surface area contributed by atoms with Crippen molar-refractivity contribution in [2.45, 2.75) is 6.54 Å². The number of ketones is 1. The Morgan fingerprint density at radius 2 is 1.96 bits per heavy atom. The van der Waals surface area contributed by atoms with Crippen molar-refractivity contribution in [1.29, 1.82) is 0 Å². The van der Waals surface area contributed by atoms with Gasteiger partial charge in [-0.1, -0.05) is 24.3 Å². The van der Waals surface area contributed by atoms with Gasteiger partial charge in [-0.25, -0.2) is 13.8 Å². The summed E-state index contributed by atoms with van der Waals surface area (Å²) in [4.78, 5) is 32.1. The molecule has 0 aliphatic heterocycles. The van der Waals surface area contributed by atoms with Crippen molar-refractivity contribution >= 4 is 33.9 Å². The Morgan fingerprint density at radius 3 is 2.79 bits per heavy atom. The van der Waals surface area contributed by atoms with Gasteiger partial charge in [-0.05, 0) is 12.1 Å². The van der Waals surface area contributed by atoms with Crippen molar-refractivity contribution in [3.63, 3.8) is 0 Å². The molecule has 0 radical (unpaired) electrons. The van der Waals surface area contributed by atoms with Gasteiger partial charge in [0.2, 0.25) is 5.78 Å². The van der Waals surface area contributed by atoms with Crippen LogP contribution >= 0.6 is 11.3 Å². The van der Waals surface area contributed by atoms with E-state index in [2.05, 4.69) is 15.3 Å². The molecular formula is C20H13F2N3O2S. The number of para-hydroxylation sites is 1. The molecule has 2 heterocycles. The van der Waals surface area contributed by atoms with Crippen LogP contribution in [0.5, 0.6) is 0 Å². The summed E-state index contributed by atoms with van der Waals surface area (Å²) in [6.45, 7) is -0.117. The zero-order valence-electron chi connectivity index (χ0n) is 14.3. The van der Waals surface area contributed by atoms with Crippen LogP contribution in [0, 0.1) is 11.6 Å². The lowest BCUT2D eigenvalue weighted by molar-refractivity contribution is 0.0946. The summed E-state index contributed by atoms with van der Waals surface area (Å²) in [6, 6.07) is 10.5. The first-order chi connectivity index (χ1) is 13.5. The molecule has 140 valence electrons.